The lowest BCUT2D eigenvalue weighted by Gasteiger charge is -2.27. The summed E-state index contributed by atoms with van der Waals surface area (Å²) >= 11 is 0. The van der Waals surface area contributed by atoms with E-state index in [1.54, 1.807) is 0 Å². The minimum Gasteiger partial charge on any atom is -0.502 e. The van der Waals surface area contributed by atoms with E-state index in [9.17, 15) is 9.90 Å². The van der Waals surface area contributed by atoms with Crippen LogP contribution in [0.15, 0.2) is 15.3 Å². The first-order valence-electron chi connectivity index (χ1n) is 8.10. The number of ether oxygens (including phenoxy) is 1. The van der Waals surface area contributed by atoms with E-state index in [1.807, 2.05) is 0 Å². The van der Waals surface area contributed by atoms with Gasteiger partial charge in [-0.3, -0.25) is 14.6 Å². The molecule has 1 aromatic heterocycles. The molecule has 0 aliphatic carbocycles. The van der Waals surface area contributed by atoms with Crippen LogP contribution in [0.4, 0.5) is 0 Å². The van der Waals surface area contributed by atoms with Crippen LogP contribution in [0.3, 0.4) is 0 Å². The Hall–Kier alpha value is -1.37. The summed E-state index contributed by atoms with van der Waals surface area (Å²) in [5, 5.41) is 9.99. The van der Waals surface area contributed by atoms with Gasteiger partial charge >= 0.3 is 0 Å². The molecule has 0 bridgehead atoms. The van der Waals surface area contributed by atoms with Gasteiger partial charge in [-0.25, -0.2) is 0 Å². The van der Waals surface area contributed by atoms with Crippen molar-refractivity contribution in [3.63, 3.8) is 0 Å². The number of hydrogen-bond acceptors (Lipinski definition) is 6. The van der Waals surface area contributed by atoms with Gasteiger partial charge in [0.25, 0.3) is 0 Å². The summed E-state index contributed by atoms with van der Waals surface area (Å²) in [6.07, 6.45) is 3.58. The SMILES string of the molecule is O=c1cc(CN2CCOCC2)oc(CN2CCCCC2)c1O. The molecule has 0 spiro atoms. The van der Waals surface area contributed by atoms with Crippen LogP contribution < -0.4 is 5.43 Å². The highest BCUT2D eigenvalue weighted by Crippen LogP contribution is 2.20. The molecule has 2 saturated heterocycles. The summed E-state index contributed by atoms with van der Waals surface area (Å²) in [7, 11) is 0. The van der Waals surface area contributed by atoms with Gasteiger partial charge in [0.05, 0.1) is 26.3 Å². The zero-order valence-corrected chi connectivity index (χ0v) is 12.9. The van der Waals surface area contributed by atoms with Crippen LogP contribution in [0.2, 0.25) is 0 Å². The normalized spacial score (nSPS) is 21.1. The average Bonchev–Trinajstić information content (AvgIpc) is 2.54. The van der Waals surface area contributed by atoms with Gasteiger partial charge in [0.2, 0.25) is 11.2 Å². The third kappa shape index (κ3) is 3.88. The van der Waals surface area contributed by atoms with Gasteiger partial charge in [0.1, 0.15) is 5.76 Å². The summed E-state index contributed by atoms with van der Waals surface area (Å²) in [5.74, 6) is 0.783. The van der Waals surface area contributed by atoms with Crippen molar-refractivity contribution in [1.29, 1.82) is 0 Å². The predicted octanol–water partition coefficient (Wildman–Crippen LogP) is 1.16. The Kier molecular flexibility index (Phi) is 5.12. The molecule has 2 aliphatic heterocycles. The van der Waals surface area contributed by atoms with E-state index in [-0.39, 0.29) is 11.2 Å². The van der Waals surface area contributed by atoms with Crippen molar-refractivity contribution in [3.8, 4) is 5.75 Å². The third-order valence-electron chi connectivity index (χ3n) is 4.34. The van der Waals surface area contributed by atoms with Crippen molar-refractivity contribution in [2.45, 2.75) is 32.4 Å². The van der Waals surface area contributed by atoms with Crippen molar-refractivity contribution in [2.75, 3.05) is 39.4 Å². The number of rotatable bonds is 4. The Bertz CT molecular complexity index is 546. The molecule has 0 unspecified atom stereocenters. The lowest BCUT2D eigenvalue weighted by Crippen LogP contribution is -2.36. The van der Waals surface area contributed by atoms with E-state index in [0.717, 1.165) is 26.2 Å². The van der Waals surface area contributed by atoms with Crippen molar-refractivity contribution in [1.82, 2.24) is 9.80 Å². The molecule has 0 aromatic carbocycles. The highest BCUT2D eigenvalue weighted by molar-refractivity contribution is 5.25. The number of hydrogen-bond donors (Lipinski definition) is 1. The van der Waals surface area contributed by atoms with E-state index in [1.165, 1.54) is 25.3 Å². The maximum Gasteiger partial charge on any atom is 0.227 e. The zero-order chi connectivity index (χ0) is 15.4. The van der Waals surface area contributed by atoms with E-state index < -0.39 is 0 Å². The maximum absolute atomic E-state index is 12.0. The predicted molar refractivity (Wildman–Crippen MR) is 81.9 cm³/mol. The Morgan fingerprint density at radius 1 is 1.00 bits per heavy atom. The van der Waals surface area contributed by atoms with E-state index in [2.05, 4.69) is 9.80 Å². The van der Waals surface area contributed by atoms with Crippen LogP contribution in [-0.4, -0.2) is 54.3 Å². The first-order valence-corrected chi connectivity index (χ1v) is 8.10. The first-order chi connectivity index (χ1) is 10.7. The summed E-state index contributed by atoms with van der Waals surface area (Å²) in [5.41, 5.74) is -0.346. The fraction of sp³-hybridized carbons (Fsp3) is 0.688. The van der Waals surface area contributed by atoms with Crippen LogP contribution >= 0.6 is 0 Å². The van der Waals surface area contributed by atoms with Gasteiger partial charge in [-0.1, -0.05) is 6.42 Å². The van der Waals surface area contributed by atoms with Crippen LogP contribution in [0, 0.1) is 0 Å². The second-order valence-corrected chi connectivity index (χ2v) is 6.07. The molecule has 3 heterocycles. The molecule has 0 amide bonds. The number of nitrogens with zero attached hydrogens (tertiary/aromatic N) is 2. The minimum absolute atomic E-state index is 0.240. The van der Waals surface area contributed by atoms with Crippen LogP contribution in [0.1, 0.15) is 30.8 Å². The molecule has 1 N–H and O–H groups in total. The summed E-state index contributed by atoms with van der Waals surface area (Å²) in [4.78, 5) is 16.4. The second kappa shape index (κ2) is 7.26. The molecule has 122 valence electrons. The average molecular weight is 308 g/mol. The molecular formula is C16H24N2O4. The lowest BCUT2D eigenvalue weighted by molar-refractivity contribution is 0.0306. The minimum atomic E-state index is -0.346. The Labute approximate surface area is 130 Å². The molecule has 2 fully saturated rings. The molecule has 22 heavy (non-hydrogen) atoms. The summed E-state index contributed by atoms with van der Waals surface area (Å²) in [6.45, 7) is 6.20. The van der Waals surface area contributed by atoms with Crippen molar-refractivity contribution < 1.29 is 14.3 Å². The quantitative estimate of drug-likeness (QED) is 0.900. The van der Waals surface area contributed by atoms with Crippen LogP contribution in [0.5, 0.6) is 5.75 Å². The number of likely N-dealkylation sites (tertiary alicyclic amines) is 1. The van der Waals surface area contributed by atoms with Crippen molar-refractivity contribution >= 4 is 0 Å². The van der Waals surface area contributed by atoms with Crippen molar-refractivity contribution in [3.05, 3.63) is 27.8 Å². The van der Waals surface area contributed by atoms with E-state index in [0.29, 0.717) is 37.8 Å². The zero-order valence-electron chi connectivity index (χ0n) is 12.9. The molecule has 1 aromatic rings. The number of aromatic hydroxyl groups is 1. The Morgan fingerprint density at radius 3 is 2.41 bits per heavy atom. The van der Waals surface area contributed by atoms with Gasteiger partial charge < -0.3 is 14.3 Å². The molecule has 6 heteroatoms. The van der Waals surface area contributed by atoms with Gasteiger partial charge in [-0.05, 0) is 25.9 Å². The van der Waals surface area contributed by atoms with Gasteiger partial charge in [0, 0.05) is 19.2 Å². The highest BCUT2D eigenvalue weighted by atomic mass is 16.5. The van der Waals surface area contributed by atoms with Gasteiger partial charge in [-0.15, -0.1) is 0 Å². The molecule has 6 nitrogen and oxygen atoms in total. The summed E-state index contributed by atoms with van der Waals surface area (Å²) in [6, 6.07) is 1.41. The first kappa shape index (κ1) is 15.5. The largest absolute Gasteiger partial charge is 0.502 e. The van der Waals surface area contributed by atoms with E-state index >= 15 is 0 Å². The molecule has 0 radical (unpaired) electrons. The monoisotopic (exact) mass is 308 g/mol. The van der Waals surface area contributed by atoms with Crippen LogP contribution in [-0.2, 0) is 17.8 Å². The second-order valence-electron chi connectivity index (χ2n) is 6.07. The number of morpholine rings is 1. The fourth-order valence-electron chi connectivity index (χ4n) is 3.07. The van der Waals surface area contributed by atoms with Gasteiger partial charge in [0.15, 0.2) is 5.76 Å². The van der Waals surface area contributed by atoms with Gasteiger partial charge in [-0.2, -0.15) is 0 Å². The van der Waals surface area contributed by atoms with Crippen LogP contribution in [0.25, 0.3) is 0 Å². The standard InChI is InChI=1S/C16H24N2O4/c19-14-10-13(11-18-6-8-21-9-7-18)22-15(16(14)20)12-17-4-2-1-3-5-17/h10,20H,1-9,11-12H2. The summed E-state index contributed by atoms with van der Waals surface area (Å²) < 4.78 is 11.1. The third-order valence-corrected chi connectivity index (χ3v) is 4.34. The maximum atomic E-state index is 12.0. The Morgan fingerprint density at radius 2 is 1.68 bits per heavy atom. The molecule has 3 rings (SSSR count). The molecule has 0 atom stereocenters. The van der Waals surface area contributed by atoms with Crippen molar-refractivity contribution in [2.24, 2.45) is 0 Å². The smallest absolute Gasteiger partial charge is 0.227 e. The highest BCUT2D eigenvalue weighted by Gasteiger charge is 2.19. The molecule has 0 saturated carbocycles. The molecule has 2 aliphatic rings. The molecular weight excluding hydrogens is 284 g/mol. The topological polar surface area (TPSA) is 66.2 Å². The Balaban J connectivity index is 1.72. The van der Waals surface area contributed by atoms with E-state index in [4.69, 9.17) is 9.15 Å². The number of piperidine rings is 1. The lowest BCUT2D eigenvalue weighted by atomic mass is 10.1. The fourth-order valence-corrected chi connectivity index (χ4v) is 3.07.